The quantitative estimate of drug-likeness (QED) is 0.125. The van der Waals surface area contributed by atoms with Gasteiger partial charge in [0, 0.05) is 10.8 Å². The molecule has 5 aromatic carbocycles. The molecule has 0 aliphatic heterocycles. The van der Waals surface area contributed by atoms with Crippen LogP contribution in [0.5, 0.6) is 0 Å². The number of allylic oxidation sites excluding steroid dienone is 8. The largest absolute Gasteiger partial charge is 1.00 e. The van der Waals surface area contributed by atoms with Crippen LogP contribution in [0.2, 0.25) is 0 Å². The standard InChI is InChI=1S/C25H25.C15H8F6.C12H19.2ClH.Zr/c1-14-12-24(3,4)22-8-16-7-17-9-23-19(15(2)13-25(23,5)6)11-21(17)20(16)10-18(14)22;16-14(17,18)12-5-1-3-10(8-12)7-11-4-2-6-13(9-11)15(19,20)21;1-6-10-7-9(2)8-11(10)12(3,4)5;;;/h7-13H,1-6H3;1-6,8-9H;8-9H,6H2,1-5H3;2*1H;/q-1;;-1;;;+2/p-2. The van der Waals surface area contributed by atoms with Crippen molar-refractivity contribution < 1.29 is 75.4 Å². The van der Waals surface area contributed by atoms with Crippen LogP contribution in [0.25, 0.3) is 32.7 Å². The minimum atomic E-state index is -4.49. The molecule has 0 bridgehead atoms. The summed E-state index contributed by atoms with van der Waals surface area (Å²) in [5, 5.41) is 5.57. The summed E-state index contributed by atoms with van der Waals surface area (Å²) in [5.41, 5.74) is 11.0. The van der Waals surface area contributed by atoms with Gasteiger partial charge in [-0.1, -0.05) is 115 Å². The fourth-order valence-electron chi connectivity index (χ4n) is 8.83. The van der Waals surface area contributed by atoms with Crippen LogP contribution in [-0.2, 0) is 47.4 Å². The molecular formula is C52H52Cl2F6Zr-2. The van der Waals surface area contributed by atoms with Crippen LogP contribution < -0.4 is 24.8 Å². The van der Waals surface area contributed by atoms with Gasteiger partial charge in [-0.15, -0.1) is 39.7 Å². The Balaban J connectivity index is 0.000000210. The van der Waals surface area contributed by atoms with Crippen molar-refractivity contribution in [3.63, 3.8) is 0 Å². The molecule has 0 saturated carbocycles. The molecule has 0 N–H and O–H groups in total. The zero-order valence-electron chi connectivity index (χ0n) is 36.5. The zero-order chi connectivity index (χ0) is 43.6. The number of benzene rings is 4. The van der Waals surface area contributed by atoms with Crippen molar-refractivity contribution in [2.75, 3.05) is 0 Å². The molecule has 0 spiro atoms. The van der Waals surface area contributed by atoms with Crippen molar-refractivity contribution in [3.8, 4) is 0 Å². The van der Waals surface area contributed by atoms with Gasteiger partial charge in [0.2, 0.25) is 0 Å². The van der Waals surface area contributed by atoms with Gasteiger partial charge in [0.25, 0.3) is 0 Å². The number of rotatable bonds is 3. The van der Waals surface area contributed by atoms with Gasteiger partial charge in [-0.25, -0.2) is 5.57 Å². The van der Waals surface area contributed by atoms with Gasteiger partial charge in [-0.2, -0.15) is 11.6 Å². The van der Waals surface area contributed by atoms with E-state index in [4.69, 9.17) is 0 Å². The van der Waals surface area contributed by atoms with Crippen LogP contribution in [-0.4, -0.2) is 3.21 Å². The Bertz CT molecular complexity index is 2450. The van der Waals surface area contributed by atoms with E-state index in [1.54, 1.807) is 0 Å². The Kier molecular flexibility index (Phi) is 14.8. The molecule has 1 atom stereocenters. The molecule has 9 heteroatoms. The second kappa shape index (κ2) is 18.0. The Morgan fingerprint density at radius 2 is 1.10 bits per heavy atom. The fourth-order valence-corrected chi connectivity index (χ4v) is 9.59. The van der Waals surface area contributed by atoms with E-state index < -0.39 is 23.5 Å². The first-order valence-electron chi connectivity index (χ1n) is 20.1. The Morgan fingerprint density at radius 3 is 1.44 bits per heavy atom. The van der Waals surface area contributed by atoms with Crippen LogP contribution in [0.1, 0.15) is 127 Å². The van der Waals surface area contributed by atoms with E-state index in [0.29, 0.717) is 14.5 Å². The first-order chi connectivity index (χ1) is 27.2. The van der Waals surface area contributed by atoms with E-state index in [9.17, 15) is 26.3 Å². The van der Waals surface area contributed by atoms with Crippen LogP contribution in [0.15, 0.2) is 108 Å². The molecule has 0 aromatic heterocycles. The minimum Gasteiger partial charge on any atom is -1.00 e. The SMILES string of the molecule is CC1=CC(C)(C)c2cc3[cH-]c4cc5c(cc4c3cc21)C(C)=CC5(C)C.CCC1=[C-]C(C)C=C1C(C)(C)C.FC(F)(F)c1cccc([C](=[Zr+2])c2cccc(C(F)(F)F)c2)c1.[Cl-].[Cl-]. The topological polar surface area (TPSA) is 0 Å². The third-order valence-corrected chi connectivity index (χ3v) is 13.1. The number of hydrogen-bond donors (Lipinski definition) is 0. The average molecular weight is 953 g/mol. The summed E-state index contributed by atoms with van der Waals surface area (Å²) < 4.78 is 76.7. The van der Waals surface area contributed by atoms with E-state index in [0.717, 1.165) is 54.9 Å². The van der Waals surface area contributed by atoms with Crippen LogP contribution in [0.3, 0.4) is 0 Å². The second-order valence-electron chi connectivity index (χ2n) is 18.3. The zero-order valence-corrected chi connectivity index (χ0v) is 40.5. The maximum absolute atomic E-state index is 12.7. The van der Waals surface area contributed by atoms with E-state index in [-0.39, 0.29) is 46.8 Å². The van der Waals surface area contributed by atoms with Crippen LogP contribution >= 0.6 is 0 Å². The molecule has 8 rings (SSSR count). The number of hydrogen-bond acceptors (Lipinski definition) is 0. The predicted molar refractivity (Wildman–Crippen MR) is 230 cm³/mol. The van der Waals surface area contributed by atoms with Gasteiger partial charge in [0.05, 0.1) is 0 Å². The van der Waals surface area contributed by atoms with Gasteiger partial charge >= 0.3 is 137 Å². The van der Waals surface area contributed by atoms with Gasteiger partial charge in [-0.3, -0.25) is 6.08 Å². The maximum atomic E-state index is 12.7. The van der Waals surface area contributed by atoms with E-state index in [1.807, 2.05) is 0 Å². The molecule has 322 valence electrons. The molecule has 0 amide bonds. The molecule has 5 aromatic rings. The fraction of sp³-hybridized carbons (Fsp3) is 0.346. The Labute approximate surface area is 384 Å². The Hall–Kier alpha value is -3.38. The molecule has 3 aliphatic carbocycles. The van der Waals surface area contributed by atoms with Crippen molar-refractivity contribution >= 4 is 35.9 Å². The van der Waals surface area contributed by atoms with Gasteiger partial charge in [-0.05, 0) is 36.1 Å². The van der Waals surface area contributed by atoms with E-state index >= 15 is 0 Å². The summed E-state index contributed by atoms with van der Waals surface area (Å²) in [5.74, 6) is 0.522. The summed E-state index contributed by atoms with van der Waals surface area (Å²) in [6.45, 7) is 25.0. The van der Waals surface area contributed by atoms with Crippen molar-refractivity contribution in [3.05, 3.63) is 159 Å². The van der Waals surface area contributed by atoms with Crippen molar-refractivity contribution in [2.45, 2.75) is 106 Å². The first kappa shape index (κ1) is 50.3. The molecule has 61 heavy (non-hydrogen) atoms. The summed E-state index contributed by atoms with van der Waals surface area (Å²) in [7, 11) is 0. The summed E-state index contributed by atoms with van der Waals surface area (Å²) in [6, 6.07) is 21.3. The van der Waals surface area contributed by atoms with E-state index in [1.165, 1.54) is 90.4 Å². The first-order valence-corrected chi connectivity index (χ1v) is 21.3. The van der Waals surface area contributed by atoms with Crippen molar-refractivity contribution in [1.82, 2.24) is 0 Å². The summed E-state index contributed by atoms with van der Waals surface area (Å²) >= 11 is 0.729. The number of halogens is 8. The number of alkyl halides is 6. The average Bonchev–Trinajstić information content (AvgIpc) is 3.84. The molecule has 0 heterocycles. The maximum Gasteiger partial charge on any atom is -1.00 e. The molecule has 3 aliphatic rings. The van der Waals surface area contributed by atoms with Crippen LogP contribution in [0, 0.1) is 17.4 Å². The molecule has 0 fully saturated rings. The van der Waals surface area contributed by atoms with Crippen molar-refractivity contribution in [2.24, 2.45) is 11.3 Å². The van der Waals surface area contributed by atoms with Crippen LogP contribution in [0.4, 0.5) is 26.3 Å². The molecule has 0 radical (unpaired) electrons. The van der Waals surface area contributed by atoms with Gasteiger partial charge in [0.1, 0.15) is 0 Å². The number of fused-ring (bicyclic) bond motifs is 5. The third-order valence-electron chi connectivity index (χ3n) is 11.6. The smallest absolute Gasteiger partial charge is 1.00 e. The summed E-state index contributed by atoms with van der Waals surface area (Å²) in [6.07, 6.45) is 2.79. The monoisotopic (exact) mass is 950 g/mol. The molecule has 1 unspecified atom stereocenters. The minimum absolute atomic E-state index is 0. The van der Waals surface area contributed by atoms with Gasteiger partial charge < -0.3 is 24.8 Å². The summed E-state index contributed by atoms with van der Waals surface area (Å²) in [4.78, 5) is 0. The van der Waals surface area contributed by atoms with Crippen molar-refractivity contribution in [1.29, 1.82) is 0 Å². The molecule has 0 nitrogen and oxygen atoms in total. The van der Waals surface area contributed by atoms with E-state index in [2.05, 4.69) is 131 Å². The van der Waals surface area contributed by atoms with Gasteiger partial charge in [0.15, 0.2) is 0 Å². The Morgan fingerprint density at radius 1 is 0.689 bits per heavy atom. The normalized spacial score (nSPS) is 17.3. The predicted octanol–water partition coefficient (Wildman–Crippen LogP) is 9.70. The molecule has 0 saturated heterocycles. The molecular weight excluding hydrogens is 901 g/mol. The third kappa shape index (κ3) is 10.5. The second-order valence-corrected chi connectivity index (χ2v) is 19.6.